The molecule has 1 saturated carbocycles. The van der Waals surface area contributed by atoms with Crippen molar-refractivity contribution in [3.8, 4) is 11.3 Å². The standard InChI is InChI=1S/C29H35N3OS/c1-20-17-22-13-9-10-14-24(22)28-27(21-11-7-6-8-12-21)25-16-15-23(18-26(25)32(28)19-20)29(33)30-34(4,5)31(2)3/h9-10,13-18,21H,4-8,11-12,19H2,1-3H3,(H,30,33). The first-order valence-electron chi connectivity index (χ1n) is 12.2. The minimum Gasteiger partial charge on any atom is -0.336 e. The highest BCUT2D eigenvalue weighted by atomic mass is 32.2. The molecule has 0 atom stereocenters. The van der Waals surface area contributed by atoms with Crippen LogP contribution >= 0.6 is 9.58 Å². The Morgan fingerprint density at radius 2 is 1.82 bits per heavy atom. The molecule has 5 rings (SSSR count). The van der Waals surface area contributed by atoms with Crippen LogP contribution in [-0.4, -0.2) is 40.6 Å². The van der Waals surface area contributed by atoms with Crippen molar-refractivity contribution in [1.29, 1.82) is 0 Å². The van der Waals surface area contributed by atoms with Gasteiger partial charge in [0.15, 0.2) is 0 Å². The SMILES string of the molecule is C=S(=C)(NC(=O)c1ccc2c(C3CCCCC3)c3n(c2c1)CC(C)=Cc1ccccc1-3)N(C)C. The number of rotatable bonds is 4. The van der Waals surface area contributed by atoms with E-state index in [1.54, 1.807) is 0 Å². The molecule has 2 heterocycles. The van der Waals surface area contributed by atoms with E-state index >= 15 is 0 Å². The number of carbonyl (C=O) groups excluding carboxylic acids is 1. The Morgan fingerprint density at radius 1 is 1.09 bits per heavy atom. The van der Waals surface area contributed by atoms with Crippen molar-refractivity contribution < 1.29 is 4.79 Å². The number of nitrogens with one attached hydrogen (secondary N) is 1. The van der Waals surface area contributed by atoms with Gasteiger partial charge in [0.1, 0.15) is 0 Å². The fraction of sp³-hybridized carbons (Fsp3) is 0.345. The minimum atomic E-state index is -1.86. The lowest BCUT2D eigenvalue weighted by Crippen LogP contribution is -2.26. The van der Waals surface area contributed by atoms with Gasteiger partial charge in [-0.1, -0.05) is 70.8 Å². The minimum absolute atomic E-state index is 0.119. The van der Waals surface area contributed by atoms with Crippen LogP contribution in [0, 0.1) is 0 Å². The molecule has 2 aliphatic rings. The van der Waals surface area contributed by atoms with Gasteiger partial charge in [0, 0.05) is 28.6 Å². The number of hydrogen-bond acceptors (Lipinski definition) is 2. The average Bonchev–Trinajstić information content (AvgIpc) is 3.04. The summed E-state index contributed by atoms with van der Waals surface area (Å²) in [4.78, 5) is 13.2. The van der Waals surface area contributed by atoms with E-state index < -0.39 is 9.58 Å². The molecule has 178 valence electrons. The largest absolute Gasteiger partial charge is 0.336 e. The second-order valence-corrected chi connectivity index (χ2v) is 12.7. The van der Waals surface area contributed by atoms with Crippen LogP contribution in [0.15, 0.2) is 48.0 Å². The smallest absolute Gasteiger partial charge is 0.261 e. The fourth-order valence-corrected chi connectivity index (χ4v) is 6.14. The summed E-state index contributed by atoms with van der Waals surface area (Å²) in [6.45, 7) is 3.03. The van der Waals surface area contributed by atoms with E-state index in [1.807, 2.05) is 24.5 Å². The topological polar surface area (TPSA) is 37.3 Å². The van der Waals surface area contributed by atoms with E-state index in [9.17, 15) is 4.79 Å². The summed E-state index contributed by atoms with van der Waals surface area (Å²) in [6, 6.07) is 15.0. The van der Waals surface area contributed by atoms with Gasteiger partial charge in [-0.3, -0.25) is 13.8 Å². The molecule has 0 unspecified atom stereocenters. The number of aromatic nitrogens is 1. The molecule has 1 amide bonds. The molecule has 1 fully saturated rings. The van der Waals surface area contributed by atoms with Gasteiger partial charge in [0.05, 0.1) is 5.69 Å². The summed E-state index contributed by atoms with van der Waals surface area (Å²) in [6.07, 6.45) is 8.70. The van der Waals surface area contributed by atoms with Gasteiger partial charge in [-0.25, -0.2) is 0 Å². The van der Waals surface area contributed by atoms with E-state index in [1.165, 1.54) is 65.4 Å². The van der Waals surface area contributed by atoms with Crippen LogP contribution in [0.2, 0.25) is 0 Å². The van der Waals surface area contributed by atoms with Crippen molar-refractivity contribution in [2.45, 2.75) is 51.5 Å². The molecule has 1 aliphatic heterocycles. The Morgan fingerprint density at radius 3 is 2.56 bits per heavy atom. The Balaban J connectivity index is 1.73. The second kappa shape index (κ2) is 8.79. The molecule has 34 heavy (non-hydrogen) atoms. The van der Waals surface area contributed by atoms with Crippen LogP contribution in [0.3, 0.4) is 0 Å². The summed E-state index contributed by atoms with van der Waals surface area (Å²) in [5.74, 6) is 8.71. The van der Waals surface area contributed by atoms with E-state index in [-0.39, 0.29) is 5.91 Å². The maximum Gasteiger partial charge on any atom is 0.261 e. The van der Waals surface area contributed by atoms with E-state index in [4.69, 9.17) is 0 Å². The number of nitrogens with zero attached hydrogens (tertiary/aromatic N) is 2. The second-order valence-electron chi connectivity index (χ2n) is 10.1. The molecule has 1 aromatic heterocycles. The number of allylic oxidation sites excluding steroid dienone is 1. The molecule has 2 aromatic carbocycles. The van der Waals surface area contributed by atoms with E-state index in [0.29, 0.717) is 11.5 Å². The Hall–Kier alpha value is -2.76. The summed E-state index contributed by atoms with van der Waals surface area (Å²) in [5, 5.41) is 1.29. The van der Waals surface area contributed by atoms with Crippen molar-refractivity contribution in [2.75, 3.05) is 14.1 Å². The molecule has 1 N–H and O–H groups in total. The lowest BCUT2D eigenvalue weighted by molar-refractivity contribution is 0.0983. The highest BCUT2D eigenvalue weighted by Gasteiger charge is 2.28. The molecule has 0 bridgehead atoms. The molecule has 4 nitrogen and oxygen atoms in total. The summed E-state index contributed by atoms with van der Waals surface area (Å²) in [5.41, 5.74) is 8.52. The lowest BCUT2D eigenvalue weighted by atomic mass is 9.81. The summed E-state index contributed by atoms with van der Waals surface area (Å²) >= 11 is 0. The van der Waals surface area contributed by atoms with Gasteiger partial charge in [0.25, 0.3) is 5.91 Å². The molecule has 0 spiro atoms. The highest BCUT2D eigenvalue weighted by molar-refractivity contribution is 8.24. The maximum absolute atomic E-state index is 13.2. The predicted molar refractivity (Wildman–Crippen MR) is 150 cm³/mol. The Kier molecular flexibility index (Phi) is 5.95. The van der Waals surface area contributed by atoms with Crippen molar-refractivity contribution >= 4 is 44.2 Å². The molecule has 5 heteroatoms. The van der Waals surface area contributed by atoms with Crippen LogP contribution in [0.4, 0.5) is 0 Å². The van der Waals surface area contributed by atoms with Gasteiger partial charge in [-0.2, -0.15) is 0 Å². The number of benzene rings is 2. The summed E-state index contributed by atoms with van der Waals surface area (Å²) < 4.78 is 7.39. The average molecular weight is 474 g/mol. The quantitative estimate of drug-likeness (QED) is 0.436. The first-order chi connectivity index (χ1) is 16.3. The van der Waals surface area contributed by atoms with Crippen LogP contribution in [0.1, 0.15) is 66.4 Å². The van der Waals surface area contributed by atoms with Gasteiger partial charge < -0.3 is 4.57 Å². The third-order valence-electron chi connectivity index (χ3n) is 7.39. The first-order valence-corrected chi connectivity index (χ1v) is 14.1. The number of amides is 1. The van der Waals surface area contributed by atoms with E-state index in [0.717, 1.165) is 12.1 Å². The van der Waals surface area contributed by atoms with Crippen LogP contribution < -0.4 is 4.72 Å². The van der Waals surface area contributed by atoms with Crippen LogP contribution in [0.25, 0.3) is 28.2 Å². The number of hydrogen-bond donors (Lipinski definition) is 1. The van der Waals surface area contributed by atoms with Crippen LogP contribution in [0.5, 0.6) is 0 Å². The highest BCUT2D eigenvalue weighted by Crippen LogP contribution is 2.46. The number of carbonyl (C=O) groups is 1. The predicted octanol–water partition coefficient (Wildman–Crippen LogP) is 6.56. The zero-order chi connectivity index (χ0) is 24.0. The molecule has 0 saturated heterocycles. The van der Waals surface area contributed by atoms with E-state index in [2.05, 4.69) is 70.4 Å². The molecular weight excluding hydrogens is 438 g/mol. The van der Waals surface area contributed by atoms with Crippen molar-refractivity contribution in [2.24, 2.45) is 0 Å². The van der Waals surface area contributed by atoms with Crippen molar-refractivity contribution in [3.63, 3.8) is 0 Å². The molecule has 0 radical (unpaired) electrons. The third kappa shape index (κ3) is 4.01. The molecule has 3 aromatic rings. The Bertz CT molecular complexity index is 1400. The van der Waals surface area contributed by atoms with Gasteiger partial charge in [-0.05, 0) is 74.8 Å². The normalized spacial score (nSPS) is 16.6. The van der Waals surface area contributed by atoms with Gasteiger partial charge in [0.2, 0.25) is 0 Å². The molecule has 1 aliphatic carbocycles. The van der Waals surface area contributed by atoms with Crippen molar-refractivity contribution in [3.05, 3.63) is 64.7 Å². The monoisotopic (exact) mass is 473 g/mol. The first kappa shape index (κ1) is 23.0. The fourth-order valence-electron chi connectivity index (χ4n) is 5.50. The van der Waals surface area contributed by atoms with Crippen LogP contribution in [-0.2, 0) is 6.54 Å². The maximum atomic E-state index is 13.2. The van der Waals surface area contributed by atoms with Gasteiger partial charge >= 0.3 is 0 Å². The van der Waals surface area contributed by atoms with Gasteiger partial charge in [-0.15, -0.1) is 0 Å². The Labute approximate surface area is 204 Å². The molecular formula is C29H35N3OS. The summed E-state index contributed by atoms with van der Waals surface area (Å²) in [7, 11) is 1.93. The lowest BCUT2D eigenvalue weighted by Gasteiger charge is -2.24. The zero-order valence-electron chi connectivity index (χ0n) is 20.6. The third-order valence-corrected chi connectivity index (χ3v) is 9.35. The van der Waals surface area contributed by atoms with Crippen molar-refractivity contribution in [1.82, 2.24) is 13.6 Å². The zero-order valence-corrected chi connectivity index (χ0v) is 21.4. The number of fused-ring (bicyclic) bond motifs is 5.